The third-order valence-electron chi connectivity index (χ3n) is 5.03. The van der Waals surface area contributed by atoms with Gasteiger partial charge in [0, 0.05) is 24.0 Å². The summed E-state index contributed by atoms with van der Waals surface area (Å²) in [4.78, 5) is 24.6. The number of aliphatic carboxylic acids is 1. The molecule has 6 heteroatoms. The quantitative estimate of drug-likeness (QED) is 0.754. The Balaban J connectivity index is 2.19. The van der Waals surface area contributed by atoms with E-state index < -0.39 is 22.8 Å². The van der Waals surface area contributed by atoms with Crippen LogP contribution in [0, 0.1) is 5.41 Å². The summed E-state index contributed by atoms with van der Waals surface area (Å²) in [5, 5.41) is 12.5. The van der Waals surface area contributed by atoms with Crippen molar-refractivity contribution in [3.63, 3.8) is 0 Å². The molecule has 138 valence electrons. The van der Waals surface area contributed by atoms with E-state index in [0.29, 0.717) is 24.5 Å². The van der Waals surface area contributed by atoms with Crippen molar-refractivity contribution in [1.82, 2.24) is 5.32 Å². The number of carboxylic acids is 1. The van der Waals surface area contributed by atoms with E-state index in [1.807, 2.05) is 27.7 Å². The Labute approximate surface area is 148 Å². The number of ether oxygens (including phenoxy) is 2. The second kappa shape index (κ2) is 7.44. The van der Waals surface area contributed by atoms with Crippen LogP contribution in [0.4, 0.5) is 0 Å². The van der Waals surface area contributed by atoms with Crippen LogP contribution >= 0.6 is 0 Å². The topological polar surface area (TPSA) is 84.9 Å². The summed E-state index contributed by atoms with van der Waals surface area (Å²) < 4.78 is 11.2. The molecule has 2 N–H and O–H groups in total. The number of hydrogen-bond donors (Lipinski definition) is 2. The highest BCUT2D eigenvalue weighted by atomic mass is 16.5. The molecule has 0 aromatic heterocycles. The molecular formula is C19H27NO5. The Morgan fingerprint density at radius 3 is 2.60 bits per heavy atom. The molecule has 1 amide bonds. The van der Waals surface area contributed by atoms with Crippen molar-refractivity contribution in [2.45, 2.75) is 52.2 Å². The zero-order valence-electron chi connectivity index (χ0n) is 15.3. The molecule has 1 aliphatic carbocycles. The Hall–Kier alpha value is -2.08. The fraction of sp³-hybridized carbons (Fsp3) is 0.579. The van der Waals surface area contributed by atoms with Gasteiger partial charge in [-0.15, -0.1) is 0 Å². The zero-order valence-corrected chi connectivity index (χ0v) is 15.3. The van der Waals surface area contributed by atoms with Gasteiger partial charge in [-0.25, -0.2) is 4.79 Å². The predicted molar refractivity (Wildman–Crippen MR) is 93.9 cm³/mol. The van der Waals surface area contributed by atoms with E-state index in [1.54, 1.807) is 24.3 Å². The van der Waals surface area contributed by atoms with Gasteiger partial charge in [-0.3, -0.25) is 4.79 Å². The van der Waals surface area contributed by atoms with Gasteiger partial charge in [0.05, 0.1) is 12.7 Å². The summed E-state index contributed by atoms with van der Waals surface area (Å²) in [6.45, 7) is 8.57. The predicted octanol–water partition coefficient (Wildman–Crippen LogP) is 2.86. The molecule has 6 nitrogen and oxygen atoms in total. The third-order valence-corrected chi connectivity index (χ3v) is 5.03. The van der Waals surface area contributed by atoms with Gasteiger partial charge in [0.2, 0.25) is 0 Å². The second-order valence-electron chi connectivity index (χ2n) is 6.91. The van der Waals surface area contributed by atoms with Gasteiger partial charge >= 0.3 is 5.97 Å². The van der Waals surface area contributed by atoms with Gasteiger partial charge in [0.15, 0.2) is 0 Å². The third kappa shape index (κ3) is 3.49. The van der Waals surface area contributed by atoms with Crippen molar-refractivity contribution in [1.29, 1.82) is 0 Å². The molecule has 0 radical (unpaired) electrons. The molecular weight excluding hydrogens is 322 g/mol. The Morgan fingerprint density at radius 1 is 1.32 bits per heavy atom. The standard InChI is InChI=1S/C19H27NO5/c1-5-10-25-14-9-7-8-13(11-14)16(21)20-19(17(22)23)12-15(24-6-2)18(19,3)4/h7-9,11,15H,5-6,10,12H2,1-4H3,(H,20,21)(H,22,23). The SMILES string of the molecule is CCCOc1cccc(C(=O)NC2(C(=O)O)CC(OCC)C2(C)C)c1. The number of rotatable bonds is 8. The summed E-state index contributed by atoms with van der Waals surface area (Å²) in [7, 11) is 0. The van der Waals surface area contributed by atoms with E-state index in [1.165, 1.54) is 0 Å². The Kier molecular flexibility index (Phi) is 5.72. The smallest absolute Gasteiger partial charge is 0.330 e. The van der Waals surface area contributed by atoms with Crippen LogP contribution in [0.25, 0.3) is 0 Å². The van der Waals surface area contributed by atoms with Crippen LogP contribution in [0.2, 0.25) is 0 Å². The van der Waals surface area contributed by atoms with E-state index in [9.17, 15) is 14.7 Å². The Morgan fingerprint density at radius 2 is 2.04 bits per heavy atom. The van der Waals surface area contributed by atoms with Crippen LogP contribution in [0.5, 0.6) is 5.75 Å². The number of benzene rings is 1. The highest BCUT2D eigenvalue weighted by Crippen LogP contribution is 2.51. The molecule has 0 spiro atoms. The van der Waals surface area contributed by atoms with Crippen molar-refractivity contribution in [2.24, 2.45) is 5.41 Å². The summed E-state index contributed by atoms with van der Waals surface area (Å²) >= 11 is 0. The average Bonchev–Trinajstić information content (AvgIpc) is 2.58. The van der Waals surface area contributed by atoms with Gasteiger partial charge in [0.25, 0.3) is 5.91 Å². The first kappa shape index (κ1) is 19.2. The normalized spacial score (nSPS) is 24.2. The number of carboxylic acid groups (broad SMARTS) is 1. The average molecular weight is 349 g/mol. The van der Waals surface area contributed by atoms with Crippen LogP contribution in [-0.2, 0) is 9.53 Å². The fourth-order valence-electron chi connectivity index (χ4n) is 3.25. The van der Waals surface area contributed by atoms with E-state index in [0.717, 1.165) is 6.42 Å². The molecule has 0 bridgehead atoms. The number of hydrogen-bond acceptors (Lipinski definition) is 4. The first-order chi connectivity index (χ1) is 11.8. The van der Waals surface area contributed by atoms with Crippen LogP contribution in [0.1, 0.15) is 50.9 Å². The molecule has 1 aromatic rings. The number of carbonyl (C=O) groups excluding carboxylic acids is 1. The van der Waals surface area contributed by atoms with Crippen LogP contribution in [-0.4, -0.2) is 41.8 Å². The van der Waals surface area contributed by atoms with Crippen molar-refractivity contribution in [3.8, 4) is 5.75 Å². The highest BCUT2D eigenvalue weighted by molar-refractivity contribution is 5.99. The molecule has 2 rings (SSSR count). The van der Waals surface area contributed by atoms with E-state index >= 15 is 0 Å². The highest BCUT2D eigenvalue weighted by Gasteiger charge is 2.66. The molecule has 1 aromatic carbocycles. The monoisotopic (exact) mass is 349 g/mol. The maximum atomic E-state index is 12.7. The van der Waals surface area contributed by atoms with E-state index in [-0.39, 0.29) is 12.5 Å². The number of nitrogens with one attached hydrogen (secondary N) is 1. The molecule has 0 saturated heterocycles. The van der Waals surface area contributed by atoms with Gasteiger partial charge in [-0.05, 0) is 31.5 Å². The largest absolute Gasteiger partial charge is 0.494 e. The molecule has 2 atom stereocenters. The van der Waals surface area contributed by atoms with Crippen molar-refractivity contribution >= 4 is 11.9 Å². The van der Waals surface area contributed by atoms with Crippen molar-refractivity contribution in [3.05, 3.63) is 29.8 Å². The Bertz CT molecular complexity index is 642. The first-order valence-electron chi connectivity index (χ1n) is 8.69. The van der Waals surface area contributed by atoms with Gasteiger partial charge in [0.1, 0.15) is 11.3 Å². The van der Waals surface area contributed by atoms with Crippen LogP contribution in [0.15, 0.2) is 24.3 Å². The summed E-state index contributed by atoms with van der Waals surface area (Å²) in [5.41, 5.74) is -1.67. The van der Waals surface area contributed by atoms with Crippen molar-refractivity contribution < 1.29 is 24.2 Å². The lowest BCUT2D eigenvalue weighted by molar-refractivity contribution is -0.190. The minimum Gasteiger partial charge on any atom is -0.494 e. The van der Waals surface area contributed by atoms with Crippen molar-refractivity contribution in [2.75, 3.05) is 13.2 Å². The van der Waals surface area contributed by atoms with E-state index in [4.69, 9.17) is 9.47 Å². The second-order valence-corrected chi connectivity index (χ2v) is 6.91. The molecule has 1 saturated carbocycles. The fourth-order valence-corrected chi connectivity index (χ4v) is 3.25. The lowest BCUT2D eigenvalue weighted by Gasteiger charge is -2.58. The minimum absolute atomic E-state index is 0.201. The summed E-state index contributed by atoms with van der Waals surface area (Å²) in [5.74, 6) is -0.869. The molecule has 1 fully saturated rings. The summed E-state index contributed by atoms with van der Waals surface area (Å²) in [6, 6.07) is 6.78. The number of amides is 1. The molecule has 2 unspecified atom stereocenters. The maximum absolute atomic E-state index is 12.7. The molecule has 25 heavy (non-hydrogen) atoms. The number of carbonyl (C=O) groups is 2. The van der Waals surface area contributed by atoms with Gasteiger partial charge in [-0.1, -0.05) is 26.8 Å². The lowest BCUT2D eigenvalue weighted by Crippen LogP contribution is -2.76. The lowest BCUT2D eigenvalue weighted by atomic mass is 9.54. The van der Waals surface area contributed by atoms with Gasteiger partial charge < -0.3 is 19.9 Å². The van der Waals surface area contributed by atoms with Gasteiger partial charge in [-0.2, -0.15) is 0 Å². The first-order valence-corrected chi connectivity index (χ1v) is 8.69. The minimum atomic E-state index is -1.34. The molecule has 0 aliphatic heterocycles. The van der Waals surface area contributed by atoms with Crippen LogP contribution in [0.3, 0.4) is 0 Å². The van der Waals surface area contributed by atoms with E-state index in [2.05, 4.69) is 5.32 Å². The molecule has 0 heterocycles. The maximum Gasteiger partial charge on any atom is 0.330 e. The summed E-state index contributed by atoms with van der Waals surface area (Å²) in [6.07, 6.45) is 0.917. The molecule has 1 aliphatic rings. The van der Waals surface area contributed by atoms with Crippen LogP contribution < -0.4 is 10.1 Å². The zero-order chi connectivity index (χ0) is 18.7.